The standard InChI is InChI=1S/C18H25N3O2/c1-13-7-9-20(10-8-13)12-18(23)21-14(2)11-17(22)19-15-5-3-4-6-16(15)21/h3-6,13-14H,7-12H2,1-2H3,(H,19,22). The average molecular weight is 315 g/mol. The molecule has 1 atom stereocenters. The fraction of sp³-hybridized carbons (Fsp3) is 0.556. The molecule has 2 aliphatic heterocycles. The molecule has 0 bridgehead atoms. The number of fused-ring (bicyclic) bond motifs is 1. The van der Waals surface area contributed by atoms with Gasteiger partial charge in [-0.15, -0.1) is 0 Å². The maximum Gasteiger partial charge on any atom is 0.241 e. The number of carbonyl (C=O) groups is 2. The molecule has 0 saturated carbocycles. The summed E-state index contributed by atoms with van der Waals surface area (Å²) in [5.41, 5.74) is 1.53. The van der Waals surface area contributed by atoms with Crippen molar-refractivity contribution in [1.29, 1.82) is 0 Å². The van der Waals surface area contributed by atoms with Crippen molar-refractivity contribution in [2.75, 3.05) is 29.9 Å². The summed E-state index contributed by atoms with van der Waals surface area (Å²) in [6.07, 6.45) is 2.64. The van der Waals surface area contributed by atoms with Crippen molar-refractivity contribution in [3.8, 4) is 0 Å². The van der Waals surface area contributed by atoms with Crippen molar-refractivity contribution in [3.05, 3.63) is 24.3 Å². The number of likely N-dealkylation sites (tertiary alicyclic amines) is 1. The van der Waals surface area contributed by atoms with Crippen LogP contribution in [-0.4, -0.2) is 42.4 Å². The number of hydrogen-bond donors (Lipinski definition) is 1. The topological polar surface area (TPSA) is 52.7 Å². The molecule has 5 nitrogen and oxygen atoms in total. The van der Waals surface area contributed by atoms with Crippen LogP contribution in [0, 0.1) is 5.92 Å². The molecule has 0 radical (unpaired) electrons. The van der Waals surface area contributed by atoms with Crippen molar-refractivity contribution in [2.24, 2.45) is 5.92 Å². The monoisotopic (exact) mass is 315 g/mol. The molecule has 2 heterocycles. The fourth-order valence-corrected chi connectivity index (χ4v) is 3.46. The Labute approximate surface area is 137 Å². The molecule has 2 aliphatic rings. The molecule has 3 rings (SSSR count). The van der Waals surface area contributed by atoms with Gasteiger partial charge >= 0.3 is 0 Å². The highest BCUT2D eigenvalue weighted by Gasteiger charge is 2.30. The lowest BCUT2D eigenvalue weighted by Gasteiger charge is -2.33. The quantitative estimate of drug-likeness (QED) is 0.912. The smallest absolute Gasteiger partial charge is 0.241 e. The Hall–Kier alpha value is -1.88. The normalized spacial score (nSPS) is 23.1. The summed E-state index contributed by atoms with van der Waals surface area (Å²) in [6.45, 7) is 6.60. The van der Waals surface area contributed by atoms with Crippen LogP contribution in [0.5, 0.6) is 0 Å². The molecule has 23 heavy (non-hydrogen) atoms. The third kappa shape index (κ3) is 3.55. The third-order valence-corrected chi connectivity index (χ3v) is 4.86. The van der Waals surface area contributed by atoms with Gasteiger partial charge in [-0.3, -0.25) is 14.5 Å². The highest BCUT2D eigenvalue weighted by Crippen LogP contribution is 2.31. The van der Waals surface area contributed by atoms with Crippen LogP contribution in [0.1, 0.15) is 33.1 Å². The van der Waals surface area contributed by atoms with Crippen molar-refractivity contribution < 1.29 is 9.59 Å². The zero-order chi connectivity index (χ0) is 16.4. The molecule has 0 spiro atoms. The Balaban J connectivity index is 1.79. The number of rotatable bonds is 2. The molecule has 1 saturated heterocycles. The van der Waals surface area contributed by atoms with Gasteiger partial charge in [-0.1, -0.05) is 19.1 Å². The number of hydrogen-bond acceptors (Lipinski definition) is 3. The van der Waals surface area contributed by atoms with E-state index in [0.717, 1.165) is 43.2 Å². The van der Waals surface area contributed by atoms with E-state index in [0.29, 0.717) is 13.0 Å². The Bertz CT molecular complexity index is 594. The highest BCUT2D eigenvalue weighted by atomic mass is 16.2. The summed E-state index contributed by atoms with van der Waals surface area (Å²) >= 11 is 0. The van der Waals surface area contributed by atoms with E-state index in [1.165, 1.54) is 0 Å². The summed E-state index contributed by atoms with van der Waals surface area (Å²) in [7, 11) is 0. The van der Waals surface area contributed by atoms with Crippen molar-refractivity contribution >= 4 is 23.2 Å². The number of carbonyl (C=O) groups excluding carboxylic acids is 2. The molecule has 1 aromatic carbocycles. The van der Waals surface area contributed by atoms with Gasteiger partial charge in [0.25, 0.3) is 0 Å². The van der Waals surface area contributed by atoms with Gasteiger partial charge in [-0.05, 0) is 50.9 Å². The molecular formula is C18H25N3O2. The predicted molar refractivity (Wildman–Crippen MR) is 91.5 cm³/mol. The van der Waals surface area contributed by atoms with Crippen LogP contribution < -0.4 is 10.2 Å². The van der Waals surface area contributed by atoms with Crippen molar-refractivity contribution in [1.82, 2.24) is 4.90 Å². The van der Waals surface area contributed by atoms with Gasteiger partial charge in [0.05, 0.1) is 17.9 Å². The lowest BCUT2D eigenvalue weighted by Crippen LogP contribution is -2.46. The van der Waals surface area contributed by atoms with Gasteiger partial charge in [0.1, 0.15) is 0 Å². The summed E-state index contributed by atoms with van der Waals surface area (Å²) in [5.74, 6) is 0.795. The summed E-state index contributed by atoms with van der Waals surface area (Å²) in [6, 6.07) is 7.42. The third-order valence-electron chi connectivity index (χ3n) is 4.86. The van der Waals surface area contributed by atoms with E-state index >= 15 is 0 Å². The highest BCUT2D eigenvalue weighted by molar-refractivity contribution is 6.04. The average Bonchev–Trinajstić information content (AvgIpc) is 2.63. The van der Waals surface area contributed by atoms with E-state index in [2.05, 4.69) is 17.1 Å². The Morgan fingerprint density at radius 3 is 2.65 bits per heavy atom. The molecule has 1 aromatic rings. The van der Waals surface area contributed by atoms with E-state index in [1.54, 1.807) is 4.90 Å². The van der Waals surface area contributed by atoms with Crippen molar-refractivity contribution in [3.63, 3.8) is 0 Å². The molecule has 1 N–H and O–H groups in total. The zero-order valence-electron chi connectivity index (χ0n) is 13.9. The predicted octanol–water partition coefficient (Wildman–Crippen LogP) is 2.48. The molecule has 124 valence electrons. The molecule has 0 aliphatic carbocycles. The van der Waals surface area contributed by atoms with Crippen molar-refractivity contribution in [2.45, 2.75) is 39.2 Å². The second-order valence-corrected chi connectivity index (χ2v) is 6.84. The van der Waals surface area contributed by atoms with E-state index in [1.807, 2.05) is 31.2 Å². The largest absolute Gasteiger partial charge is 0.324 e. The van der Waals surface area contributed by atoms with Gasteiger partial charge in [-0.25, -0.2) is 0 Å². The van der Waals surface area contributed by atoms with E-state index in [-0.39, 0.29) is 17.9 Å². The first-order chi connectivity index (χ1) is 11.0. The number of piperidine rings is 1. The zero-order valence-corrected chi connectivity index (χ0v) is 13.9. The van der Waals surface area contributed by atoms with Crippen LogP contribution in [-0.2, 0) is 9.59 Å². The first kappa shape index (κ1) is 16.0. The van der Waals surface area contributed by atoms with Gasteiger partial charge in [0, 0.05) is 12.5 Å². The maximum atomic E-state index is 12.9. The number of amides is 2. The molecule has 5 heteroatoms. The number of nitrogens with one attached hydrogen (secondary N) is 1. The van der Waals surface area contributed by atoms with Gasteiger partial charge < -0.3 is 10.2 Å². The molecule has 1 fully saturated rings. The van der Waals surface area contributed by atoms with Gasteiger partial charge in [0.15, 0.2) is 0 Å². The second kappa shape index (κ2) is 6.71. The van der Waals surface area contributed by atoms with Crippen LogP contribution in [0.2, 0.25) is 0 Å². The minimum atomic E-state index is -0.130. The van der Waals surface area contributed by atoms with Gasteiger partial charge in [0.2, 0.25) is 11.8 Å². The van der Waals surface area contributed by atoms with E-state index < -0.39 is 0 Å². The number of para-hydroxylation sites is 2. The summed E-state index contributed by atoms with van der Waals surface area (Å²) < 4.78 is 0. The summed E-state index contributed by atoms with van der Waals surface area (Å²) in [5, 5.41) is 2.90. The van der Waals surface area contributed by atoms with Crippen LogP contribution in [0.3, 0.4) is 0 Å². The Kier molecular flexibility index (Phi) is 4.66. The van der Waals surface area contributed by atoms with E-state index in [4.69, 9.17) is 0 Å². The lowest BCUT2D eigenvalue weighted by atomic mass is 9.99. The number of benzene rings is 1. The van der Waals surface area contributed by atoms with Crippen LogP contribution in [0.15, 0.2) is 24.3 Å². The van der Waals surface area contributed by atoms with E-state index in [9.17, 15) is 9.59 Å². The maximum absolute atomic E-state index is 12.9. The number of anilines is 2. The minimum Gasteiger partial charge on any atom is -0.324 e. The van der Waals surface area contributed by atoms with Gasteiger partial charge in [-0.2, -0.15) is 0 Å². The van der Waals surface area contributed by atoms with Crippen LogP contribution >= 0.6 is 0 Å². The molecule has 0 aromatic heterocycles. The Morgan fingerprint density at radius 1 is 1.22 bits per heavy atom. The SMILES string of the molecule is CC1CCN(CC(=O)N2c3ccccc3NC(=O)CC2C)CC1. The summed E-state index contributed by atoms with van der Waals surface area (Å²) in [4.78, 5) is 28.9. The first-order valence-corrected chi connectivity index (χ1v) is 8.48. The molecule has 2 amide bonds. The van der Waals surface area contributed by atoms with Crippen LogP contribution in [0.25, 0.3) is 0 Å². The Morgan fingerprint density at radius 2 is 1.91 bits per heavy atom. The second-order valence-electron chi connectivity index (χ2n) is 6.84. The van der Waals surface area contributed by atoms with Crippen LogP contribution in [0.4, 0.5) is 11.4 Å². The minimum absolute atomic E-state index is 0.0351. The molecule has 1 unspecified atom stereocenters. The number of nitrogens with zero attached hydrogens (tertiary/aromatic N) is 2. The molecular weight excluding hydrogens is 290 g/mol. The lowest BCUT2D eigenvalue weighted by molar-refractivity contribution is -0.120. The fourth-order valence-electron chi connectivity index (χ4n) is 3.46. The first-order valence-electron chi connectivity index (χ1n) is 8.48.